The second-order valence-electron chi connectivity index (χ2n) is 5.63. The molecule has 0 aliphatic heterocycles. The third-order valence-electron chi connectivity index (χ3n) is 3.90. The van der Waals surface area contributed by atoms with E-state index in [1.165, 1.54) is 11.8 Å². The number of carbonyl (C=O) groups excluding carboxylic acids is 1. The zero-order chi connectivity index (χ0) is 19.4. The van der Waals surface area contributed by atoms with E-state index < -0.39 is 0 Å². The molecule has 3 rings (SSSR count). The number of methoxy groups -OCH3 is 1. The van der Waals surface area contributed by atoms with Crippen molar-refractivity contribution in [3.63, 3.8) is 0 Å². The van der Waals surface area contributed by atoms with Gasteiger partial charge in [0.1, 0.15) is 11.5 Å². The van der Waals surface area contributed by atoms with E-state index in [0.29, 0.717) is 28.2 Å². The lowest BCUT2D eigenvalue weighted by atomic mass is 10.2. The average Bonchev–Trinajstić information content (AvgIpc) is 3.25. The number of hydrogen-bond acceptors (Lipinski definition) is 6. The fraction of sp³-hybridized carbons (Fsp3) is 0.278. The van der Waals surface area contributed by atoms with Crippen molar-refractivity contribution >= 4 is 35.0 Å². The van der Waals surface area contributed by atoms with Gasteiger partial charge in [-0.1, -0.05) is 23.4 Å². The number of aryl methyl sites for hydroxylation is 1. The summed E-state index contributed by atoms with van der Waals surface area (Å²) >= 11 is 7.40. The molecule has 1 aromatic carbocycles. The first-order valence-corrected chi connectivity index (χ1v) is 9.63. The van der Waals surface area contributed by atoms with Crippen LogP contribution < -0.4 is 10.1 Å². The molecule has 3 aromatic rings. The van der Waals surface area contributed by atoms with Crippen LogP contribution in [-0.4, -0.2) is 33.5 Å². The lowest BCUT2D eigenvalue weighted by Crippen LogP contribution is -2.14. The number of anilines is 1. The summed E-state index contributed by atoms with van der Waals surface area (Å²) in [6.45, 7) is 4.57. The van der Waals surface area contributed by atoms with Crippen LogP contribution in [0.2, 0.25) is 5.02 Å². The Kier molecular flexibility index (Phi) is 6.08. The van der Waals surface area contributed by atoms with E-state index in [9.17, 15) is 4.79 Å². The van der Waals surface area contributed by atoms with Gasteiger partial charge in [0.05, 0.1) is 29.7 Å². The van der Waals surface area contributed by atoms with Crippen LogP contribution >= 0.6 is 23.4 Å². The molecule has 0 radical (unpaired) electrons. The van der Waals surface area contributed by atoms with Crippen LogP contribution in [0.5, 0.6) is 5.75 Å². The van der Waals surface area contributed by atoms with Crippen molar-refractivity contribution < 1.29 is 13.9 Å². The minimum Gasteiger partial charge on any atom is -0.495 e. The number of benzene rings is 1. The zero-order valence-corrected chi connectivity index (χ0v) is 16.7. The normalized spacial score (nSPS) is 10.8. The van der Waals surface area contributed by atoms with Crippen LogP contribution in [-0.2, 0) is 11.3 Å². The largest absolute Gasteiger partial charge is 0.495 e. The summed E-state index contributed by atoms with van der Waals surface area (Å²) in [4.78, 5) is 12.3. The number of hydrogen-bond donors (Lipinski definition) is 1. The minimum absolute atomic E-state index is 0.159. The van der Waals surface area contributed by atoms with Crippen molar-refractivity contribution in [2.75, 3.05) is 18.2 Å². The number of nitrogens with zero attached hydrogens (tertiary/aromatic N) is 3. The van der Waals surface area contributed by atoms with Gasteiger partial charge in [0.2, 0.25) is 5.91 Å². The number of amides is 1. The number of nitrogens with one attached hydrogen (secondary N) is 1. The Morgan fingerprint density at radius 2 is 2.19 bits per heavy atom. The van der Waals surface area contributed by atoms with Gasteiger partial charge < -0.3 is 19.0 Å². The average molecular weight is 407 g/mol. The lowest BCUT2D eigenvalue weighted by Gasteiger charge is -2.09. The molecule has 0 bridgehead atoms. The molecular weight excluding hydrogens is 388 g/mol. The second-order valence-corrected chi connectivity index (χ2v) is 6.98. The van der Waals surface area contributed by atoms with E-state index >= 15 is 0 Å². The molecule has 0 saturated carbocycles. The number of carbonyl (C=O) groups is 1. The van der Waals surface area contributed by atoms with Gasteiger partial charge in [0, 0.05) is 12.2 Å². The molecule has 0 unspecified atom stereocenters. The maximum atomic E-state index is 12.3. The van der Waals surface area contributed by atoms with Gasteiger partial charge in [-0.25, -0.2) is 0 Å². The number of aromatic nitrogens is 3. The van der Waals surface area contributed by atoms with Crippen LogP contribution in [0.4, 0.5) is 5.69 Å². The Morgan fingerprint density at radius 3 is 2.81 bits per heavy atom. The minimum atomic E-state index is -0.159. The van der Waals surface area contributed by atoms with E-state index in [2.05, 4.69) is 15.5 Å². The Balaban J connectivity index is 1.66. The predicted molar refractivity (Wildman–Crippen MR) is 105 cm³/mol. The van der Waals surface area contributed by atoms with Crippen LogP contribution in [0.25, 0.3) is 11.4 Å². The first-order valence-electron chi connectivity index (χ1n) is 8.27. The second kappa shape index (κ2) is 8.49. The standard InChI is InChI=1S/C18H19ClN4O3S/c1-4-23-17(13-7-8-26-11(13)2)21-22-18(23)27-10-16(24)20-12-5-6-15(25-3)14(19)9-12/h5-9H,4,10H2,1-3H3,(H,20,24). The van der Waals surface area contributed by atoms with Gasteiger partial charge in [-0.05, 0) is 38.1 Å². The van der Waals surface area contributed by atoms with Crippen molar-refractivity contribution in [1.29, 1.82) is 0 Å². The molecule has 0 spiro atoms. The van der Waals surface area contributed by atoms with Gasteiger partial charge in [0.15, 0.2) is 11.0 Å². The van der Waals surface area contributed by atoms with E-state index in [1.807, 2.05) is 24.5 Å². The van der Waals surface area contributed by atoms with Gasteiger partial charge in [0.25, 0.3) is 0 Å². The van der Waals surface area contributed by atoms with Crippen LogP contribution in [0, 0.1) is 6.92 Å². The quantitative estimate of drug-likeness (QED) is 0.590. The number of furan rings is 1. The van der Waals surface area contributed by atoms with Gasteiger partial charge in [-0.2, -0.15) is 0 Å². The Labute approximate surface area is 166 Å². The highest BCUT2D eigenvalue weighted by Gasteiger charge is 2.17. The number of thioether (sulfide) groups is 1. The van der Waals surface area contributed by atoms with Crippen molar-refractivity contribution in [3.8, 4) is 17.1 Å². The maximum Gasteiger partial charge on any atom is 0.234 e. The smallest absolute Gasteiger partial charge is 0.234 e. The van der Waals surface area contributed by atoms with Crippen molar-refractivity contribution in [2.24, 2.45) is 0 Å². The molecule has 0 saturated heterocycles. The molecule has 0 fully saturated rings. The SMILES string of the molecule is CCn1c(SCC(=O)Nc2ccc(OC)c(Cl)c2)nnc1-c1ccoc1C. The first-order chi connectivity index (χ1) is 13.0. The Hall–Kier alpha value is -2.45. The van der Waals surface area contributed by atoms with Crippen molar-refractivity contribution in [3.05, 3.63) is 41.3 Å². The summed E-state index contributed by atoms with van der Waals surface area (Å²) in [6, 6.07) is 6.96. The number of ether oxygens (including phenoxy) is 1. The molecule has 142 valence electrons. The lowest BCUT2D eigenvalue weighted by molar-refractivity contribution is -0.113. The third-order valence-corrected chi connectivity index (χ3v) is 5.16. The Morgan fingerprint density at radius 1 is 1.37 bits per heavy atom. The van der Waals surface area contributed by atoms with E-state index in [1.54, 1.807) is 31.6 Å². The molecular formula is C18H19ClN4O3S. The molecule has 0 atom stereocenters. The van der Waals surface area contributed by atoms with E-state index in [0.717, 1.165) is 17.1 Å². The number of halogens is 1. The topological polar surface area (TPSA) is 82.2 Å². The monoisotopic (exact) mass is 406 g/mol. The Bertz CT molecular complexity index is 954. The summed E-state index contributed by atoms with van der Waals surface area (Å²) in [5.41, 5.74) is 1.51. The molecule has 2 heterocycles. The zero-order valence-electron chi connectivity index (χ0n) is 15.2. The third kappa shape index (κ3) is 4.28. The highest BCUT2D eigenvalue weighted by Crippen LogP contribution is 2.28. The summed E-state index contributed by atoms with van der Waals surface area (Å²) in [5, 5.41) is 12.4. The summed E-state index contributed by atoms with van der Waals surface area (Å²) in [6.07, 6.45) is 1.62. The summed E-state index contributed by atoms with van der Waals surface area (Å²) in [5.74, 6) is 2.11. The highest BCUT2D eigenvalue weighted by molar-refractivity contribution is 7.99. The molecule has 2 aromatic heterocycles. The fourth-order valence-corrected chi connectivity index (χ4v) is 3.63. The fourth-order valence-electron chi connectivity index (χ4n) is 2.57. The van der Waals surface area contributed by atoms with Gasteiger partial charge in [-0.15, -0.1) is 10.2 Å². The van der Waals surface area contributed by atoms with Crippen molar-refractivity contribution in [1.82, 2.24) is 14.8 Å². The van der Waals surface area contributed by atoms with Gasteiger partial charge in [-0.3, -0.25) is 4.79 Å². The van der Waals surface area contributed by atoms with Crippen molar-refractivity contribution in [2.45, 2.75) is 25.5 Å². The highest BCUT2D eigenvalue weighted by atomic mass is 35.5. The summed E-state index contributed by atoms with van der Waals surface area (Å²) < 4.78 is 12.4. The molecule has 1 N–H and O–H groups in total. The molecule has 9 heteroatoms. The molecule has 0 aliphatic rings. The molecule has 0 aliphatic carbocycles. The predicted octanol–water partition coefficient (Wildman–Crippen LogP) is 4.26. The van der Waals surface area contributed by atoms with Crippen LogP contribution in [0.1, 0.15) is 12.7 Å². The van der Waals surface area contributed by atoms with Crippen LogP contribution in [0.15, 0.2) is 40.1 Å². The first kappa shape index (κ1) is 19.3. The maximum absolute atomic E-state index is 12.3. The summed E-state index contributed by atoms with van der Waals surface area (Å²) in [7, 11) is 1.54. The van der Waals surface area contributed by atoms with E-state index in [4.69, 9.17) is 20.8 Å². The van der Waals surface area contributed by atoms with E-state index in [-0.39, 0.29) is 11.7 Å². The number of rotatable bonds is 7. The molecule has 1 amide bonds. The molecule has 27 heavy (non-hydrogen) atoms. The molecule has 7 nitrogen and oxygen atoms in total. The van der Waals surface area contributed by atoms with Crippen LogP contribution in [0.3, 0.4) is 0 Å². The van der Waals surface area contributed by atoms with Gasteiger partial charge >= 0.3 is 0 Å².